The number of halogens is 1. The van der Waals surface area contributed by atoms with E-state index in [0.717, 1.165) is 6.07 Å². The lowest BCUT2D eigenvalue weighted by molar-refractivity contribution is 0.0695. The van der Waals surface area contributed by atoms with E-state index in [0.29, 0.717) is 10.0 Å². The summed E-state index contributed by atoms with van der Waals surface area (Å²) in [5.41, 5.74) is 0.428. The number of benzene rings is 1. The second kappa shape index (κ2) is 5.01. The molecule has 0 saturated carbocycles. The average molecular weight is 319 g/mol. The third kappa shape index (κ3) is 3.41. The molecule has 1 rings (SSSR count). The lowest BCUT2D eigenvalue weighted by atomic mass is 10.2. The number of rotatable bonds is 4. The van der Waals surface area contributed by atoms with Gasteiger partial charge in [0.05, 0.1) is 16.2 Å². The monoisotopic (exact) mass is 318 g/mol. The molecule has 0 bridgehead atoms. The smallest absolute Gasteiger partial charge is 0.336 e. The number of carboxylic acids is 1. The number of carbonyl (C=O) groups is 1. The molecule has 6 heteroatoms. The Kier molecular flexibility index (Phi) is 4.11. The summed E-state index contributed by atoms with van der Waals surface area (Å²) < 4.78 is 24.1. The van der Waals surface area contributed by atoms with Crippen LogP contribution in [0.15, 0.2) is 39.7 Å². The van der Waals surface area contributed by atoms with Crippen LogP contribution in [0.2, 0.25) is 0 Å². The Morgan fingerprint density at radius 2 is 2.06 bits per heavy atom. The van der Waals surface area contributed by atoms with Gasteiger partial charge in [-0.1, -0.05) is 12.2 Å². The van der Waals surface area contributed by atoms with Crippen molar-refractivity contribution in [2.75, 3.05) is 5.75 Å². The van der Waals surface area contributed by atoms with Crippen molar-refractivity contribution < 1.29 is 18.3 Å². The first-order valence-electron chi connectivity index (χ1n) is 4.64. The highest BCUT2D eigenvalue weighted by atomic mass is 79.9. The summed E-state index contributed by atoms with van der Waals surface area (Å²) in [6.45, 7) is 5.14. The van der Waals surface area contributed by atoms with Crippen LogP contribution >= 0.6 is 15.9 Å². The fourth-order valence-corrected chi connectivity index (χ4v) is 3.07. The van der Waals surface area contributed by atoms with Crippen LogP contribution in [0.25, 0.3) is 0 Å². The van der Waals surface area contributed by atoms with E-state index in [1.54, 1.807) is 6.92 Å². The summed E-state index contributed by atoms with van der Waals surface area (Å²) >= 11 is 3.06. The predicted octanol–water partition coefficient (Wildman–Crippen LogP) is 2.50. The molecule has 0 aliphatic rings. The van der Waals surface area contributed by atoms with Crippen LogP contribution in [-0.2, 0) is 9.84 Å². The third-order valence-electron chi connectivity index (χ3n) is 1.96. The van der Waals surface area contributed by atoms with Crippen molar-refractivity contribution >= 4 is 31.7 Å². The number of carboxylic acid groups (broad SMARTS) is 1. The summed E-state index contributed by atoms with van der Waals surface area (Å²) in [5.74, 6) is -1.36. The van der Waals surface area contributed by atoms with Crippen LogP contribution in [0.3, 0.4) is 0 Å². The maximum absolute atomic E-state index is 11.9. The minimum Gasteiger partial charge on any atom is -0.478 e. The van der Waals surface area contributed by atoms with Gasteiger partial charge in [0.15, 0.2) is 9.84 Å². The van der Waals surface area contributed by atoms with Crippen molar-refractivity contribution in [2.45, 2.75) is 11.8 Å². The van der Waals surface area contributed by atoms with Crippen molar-refractivity contribution in [3.05, 3.63) is 40.4 Å². The molecule has 0 spiro atoms. The summed E-state index contributed by atoms with van der Waals surface area (Å²) in [5, 5.41) is 8.90. The molecule has 0 heterocycles. The van der Waals surface area contributed by atoms with Gasteiger partial charge in [-0.2, -0.15) is 0 Å². The van der Waals surface area contributed by atoms with Crippen molar-refractivity contribution in [2.24, 2.45) is 0 Å². The first-order chi connectivity index (χ1) is 7.74. The van der Waals surface area contributed by atoms with E-state index in [4.69, 9.17) is 5.11 Å². The second-order valence-corrected chi connectivity index (χ2v) is 6.51. The van der Waals surface area contributed by atoms with Crippen LogP contribution in [0.1, 0.15) is 17.3 Å². The topological polar surface area (TPSA) is 71.4 Å². The maximum atomic E-state index is 11.9. The predicted molar refractivity (Wildman–Crippen MR) is 68.0 cm³/mol. The fraction of sp³-hybridized carbons (Fsp3) is 0.182. The Morgan fingerprint density at radius 1 is 1.47 bits per heavy atom. The highest BCUT2D eigenvalue weighted by Crippen LogP contribution is 2.22. The summed E-state index contributed by atoms with van der Waals surface area (Å²) in [6.07, 6.45) is 0. The van der Waals surface area contributed by atoms with Crippen molar-refractivity contribution in [3.63, 3.8) is 0 Å². The Hall–Kier alpha value is -1.14. The highest BCUT2D eigenvalue weighted by molar-refractivity contribution is 9.10. The molecule has 17 heavy (non-hydrogen) atoms. The number of hydrogen-bond acceptors (Lipinski definition) is 3. The summed E-state index contributed by atoms with van der Waals surface area (Å²) in [4.78, 5) is 10.9. The van der Waals surface area contributed by atoms with E-state index < -0.39 is 15.8 Å². The van der Waals surface area contributed by atoms with Crippen LogP contribution in [0.5, 0.6) is 0 Å². The van der Waals surface area contributed by atoms with E-state index in [2.05, 4.69) is 22.5 Å². The van der Waals surface area contributed by atoms with Gasteiger partial charge >= 0.3 is 5.97 Å². The molecule has 0 unspecified atom stereocenters. The number of hydrogen-bond donors (Lipinski definition) is 1. The number of sulfone groups is 1. The molecule has 0 amide bonds. The molecule has 0 radical (unpaired) electrons. The van der Waals surface area contributed by atoms with Crippen molar-refractivity contribution in [3.8, 4) is 0 Å². The number of aromatic carboxylic acids is 1. The molecule has 4 nitrogen and oxygen atoms in total. The van der Waals surface area contributed by atoms with Gasteiger partial charge in [0.2, 0.25) is 0 Å². The van der Waals surface area contributed by atoms with E-state index in [9.17, 15) is 13.2 Å². The Morgan fingerprint density at radius 3 is 2.53 bits per heavy atom. The molecule has 0 aliphatic carbocycles. The molecule has 0 fully saturated rings. The zero-order chi connectivity index (χ0) is 13.2. The lowest BCUT2D eigenvalue weighted by Crippen LogP contribution is -2.09. The third-order valence-corrected chi connectivity index (χ3v) is 4.50. The molecular formula is C11H11BrO4S. The van der Waals surface area contributed by atoms with E-state index >= 15 is 0 Å². The zero-order valence-corrected chi connectivity index (χ0v) is 11.5. The van der Waals surface area contributed by atoms with Gasteiger partial charge in [-0.25, -0.2) is 13.2 Å². The first kappa shape index (κ1) is 13.9. The highest BCUT2D eigenvalue weighted by Gasteiger charge is 2.18. The van der Waals surface area contributed by atoms with Crippen molar-refractivity contribution in [1.82, 2.24) is 0 Å². The summed E-state index contributed by atoms with van der Waals surface area (Å²) in [7, 11) is -3.52. The standard InChI is InChI=1S/C11H11BrO4S/c1-7(2)6-17(15,16)8-3-4-10(12)9(5-8)11(13)14/h3-5H,1,6H2,2H3,(H,13,14). The molecule has 0 aromatic heterocycles. The lowest BCUT2D eigenvalue weighted by Gasteiger charge is -2.06. The van der Waals surface area contributed by atoms with Gasteiger partial charge < -0.3 is 5.11 Å². The molecule has 0 aliphatic heterocycles. The fourth-order valence-electron chi connectivity index (χ4n) is 1.27. The van der Waals surface area contributed by atoms with E-state index in [-0.39, 0.29) is 16.2 Å². The SMILES string of the molecule is C=C(C)CS(=O)(=O)c1ccc(Br)c(C(=O)O)c1. The molecule has 0 saturated heterocycles. The molecule has 1 N–H and O–H groups in total. The van der Waals surface area contributed by atoms with Gasteiger partial charge in [-0.15, -0.1) is 0 Å². The van der Waals surface area contributed by atoms with E-state index in [1.807, 2.05) is 0 Å². The van der Waals surface area contributed by atoms with Gasteiger partial charge in [0.25, 0.3) is 0 Å². The maximum Gasteiger partial charge on any atom is 0.336 e. The van der Waals surface area contributed by atoms with Crippen LogP contribution in [0, 0.1) is 0 Å². The van der Waals surface area contributed by atoms with Gasteiger partial charge in [-0.3, -0.25) is 0 Å². The minimum atomic E-state index is -3.52. The van der Waals surface area contributed by atoms with Crippen LogP contribution in [-0.4, -0.2) is 25.2 Å². The Labute approximate surface area is 108 Å². The van der Waals surface area contributed by atoms with Crippen molar-refractivity contribution in [1.29, 1.82) is 0 Å². The zero-order valence-electron chi connectivity index (χ0n) is 9.10. The molecule has 1 aromatic rings. The molecular weight excluding hydrogens is 308 g/mol. The second-order valence-electron chi connectivity index (χ2n) is 3.66. The van der Waals surface area contributed by atoms with Crippen LogP contribution in [0.4, 0.5) is 0 Å². The first-order valence-corrected chi connectivity index (χ1v) is 7.08. The van der Waals surface area contributed by atoms with Gasteiger partial charge in [0.1, 0.15) is 0 Å². The summed E-state index contributed by atoms with van der Waals surface area (Å²) in [6, 6.07) is 3.92. The molecule has 0 atom stereocenters. The minimum absolute atomic E-state index is 0.0129. The Balaban J connectivity index is 3.30. The Bertz CT molecular complexity index is 575. The normalized spacial score (nSPS) is 11.2. The quantitative estimate of drug-likeness (QED) is 0.866. The molecule has 1 aromatic carbocycles. The van der Waals surface area contributed by atoms with Gasteiger partial charge in [-0.05, 0) is 41.1 Å². The van der Waals surface area contributed by atoms with Crippen LogP contribution < -0.4 is 0 Å². The average Bonchev–Trinajstić information content (AvgIpc) is 2.15. The van der Waals surface area contributed by atoms with E-state index in [1.165, 1.54) is 12.1 Å². The molecule has 92 valence electrons. The van der Waals surface area contributed by atoms with Gasteiger partial charge in [0, 0.05) is 4.47 Å². The largest absolute Gasteiger partial charge is 0.478 e.